The van der Waals surface area contributed by atoms with Crippen LogP contribution >= 0.6 is 11.3 Å². The summed E-state index contributed by atoms with van der Waals surface area (Å²) in [6, 6.07) is 0. The minimum atomic E-state index is -4.36. The smallest absolute Gasteiger partial charge is 0.411 e. The number of rotatable bonds is 5. The monoisotopic (exact) mass is 311 g/mol. The van der Waals surface area contributed by atoms with E-state index in [1.54, 1.807) is 0 Å². The fourth-order valence-corrected chi connectivity index (χ4v) is 2.57. The molecule has 0 radical (unpaired) electrons. The Balaban J connectivity index is 2.71. The average Bonchev–Trinajstić information content (AvgIpc) is 2.67. The molecule has 0 aliphatic carbocycles. The average molecular weight is 311 g/mol. The molecule has 20 heavy (non-hydrogen) atoms. The van der Waals surface area contributed by atoms with Gasteiger partial charge >= 0.3 is 12.1 Å². The normalized spacial score (nSPS) is 12.7. The van der Waals surface area contributed by atoms with Crippen molar-refractivity contribution in [2.45, 2.75) is 38.8 Å². The molecule has 0 amide bonds. The number of alkyl halides is 3. The molecular weight excluding hydrogens is 295 g/mol. The second kappa shape index (κ2) is 6.09. The van der Waals surface area contributed by atoms with E-state index in [1.807, 2.05) is 20.8 Å². The standard InChI is InChI=1S/C12H16F3NO3S/c1-11(2,3)9-8(10(17)18)20-7(16-9)4-5-19-6-12(13,14)15/h4-6H2,1-3H3,(H,17,18). The third-order valence-electron chi connectivity index (χ3n) is 2.30. The maximum atomic E-state index is 11.9. The Hall–Kier alpha value is -1.15. The molecule has 0 aromatic carbocycles. The second-order valence-corrected chi connectivity index (χ2v) is 6.34. The van der Waals surface area contributed by atoms with Gasteiger partial charge in [0.25, 0.3) is 0 Å². The Kier molecular flexibility index (Phi) is 5.15. The van der Waals surface area contributed by atoms with Crippen LogP contribution in [-0.2, 0) is 16.6 Å². The van der Waals surface area contributed by atoms with Crippen molar-refractivity contribution in [3.8, 4) is 0 Å². The van der Waals surface area contributed by atoms with Gasteiger partial charge in [-0.1, -0.05) is 20.8 Å². The summed E-state index contributed by atoms with van der Waals surface area (Å²) >= 11 is 0.981. The maximum absolute atomic E-state index is 11.9. The molecule has 1 N–H and O–H groups in total. The number of halogens is 3. The molecule has 0 fully saturated rings. The second-order valence-electron chi connectivity index (χ2n) is 5.26. The van der Waals surface area contributed by atoms with E-state index in [0.29, 0.717) is 10.7 Å². The van der Waals surface area contributed by atoms with Gasteiger partial charge in [0.1, 0.15) is 11.5 Å². The molecule has 4 nitrogen and oxygen atoms in total. The molecule has 0 bridgehead atoms. The highest BCUT2D eigenvalue weighted by Gasteiger charge is 2.28. The summed E-state index contributed by atoms with van der Waals surface area (Å²) in [4.78, 5) is 15.5. The lowest BCUT2D eigenvalue weighted by Crippen LogP contribution is -2.18. The molecule has 8 heteroatoms. The Morgan fingerprint density at radius 2 is 1.95 bits per heavy atom. The van der Waals surface area contributed by atoms with Crippen LogP contribution in [0.15, 0.2) is 0 Å². The van der Waals surface area contributed by atoms with Crippen LogP contribution in [0.2, 0.25) is 0 Å². The van der Waals surface area contributed by atoms with Crippen LogP contribution < -0.4 is 0 Å². The molecule has 1 rings (SSSR count). The number of aromatic carboxylic acids is 1. The van der Waals surface area contributed by atoms with Crippen molar-refractivity contribution in [3.05, 3.63) is 15.6 Å². The lowest BCUT2D eigenvalue weighted by Gasteiger charge is -2.16. The largest absolute Gasteiger partial charge is 0.477 e. The summed E-state index contributed by atoms with van der Waals surface area (Å²) in [7, 11) is 0. The molecule has 0 atom stereocenters. The summed E-state index contributed by atoms with van der Waals surface area (Å²) in [5, 5.41) is 9.58. The van der Waals surface area contributed by atoms with E-state index in [-0.39, 0.29) is 17.9 Å². The first-order valence-corrected chi connectivity index (χ1v) is 6.70. The van der Waals surface area contributed by atoms with Crippen molar-refractivity contribution in [1.29, 1.82) is 0 Å². The summed E-state index contributed by atoms with van der Waals surface area (Å²) in [5.41, 5.74) is 0.00999. The molecule has 0 saturated carbocycles. The van der Waals surface area contributed by atoms with E-state index >= 15 is 0 Å². The first-order valence-electron chi connectivity index (χ1n) is 5.88. The lowest BCUT2D eigenvalue weighted by molar-refractivity contribution is -0.173. The van der Waals surface area contributed by atoms with Gasteiger partial charge in [0.2, 0.25) is 0 Å². The van der Waals surface area contributed by atoms with Gasteiger partial charge in [-0.05, 0) is 0 Å². The van der Waals surface area contributed by atoms with Gasteiger partial charge in [0.05, 0.1) is 17.3 Å². The number of hydrogen-bond donors (Lipinski definition) is 1. The molecule has 1 aromatic heterocycles. The van der Waals surface area contributed by atoms with Gasteiger partial charge in [-0.3, -0.25) is 0 Å². The van der Waals surface area contributed by atoms with Crippen LogP contribution in [-0.4, -0.2) is 35.4 Å². The van der Waals surface area contributed by atoms with Gasteiger partial charge in [0, 0.05) is 11.8 Å². The Bertz CT molecular complexity index is 477. The van der Waals surface area contributed by atoms with Crippen molar-refractivity contribution in [2.75, 3.05) is 13.2 Å². The molecular formula is C12H16F3NO3S. The first kappa shape index (κ1) is 16.9. The Labute approximate surface area is 118 Å². The van der Waals surface area contributed by atoms with Crippen LogP contribution in [0.5, 0.6) is 0 Å². The van der Waals surface area contributed by atoms with E-state index in [0.717, 1.165) is 11.3 Å². The minimum Gasteiger partial charge on any atom is -0.477 e. The number of hydrogen-bond acceptors (Lipinski definition) is 4. The van der Waals surface area contributed by atoms with Gasteiger partial charge < -0.3 is 9.84 Å². The van der Waals surface area contributed by atoms with Crippen molar-refractivity contribution in [3.63, 3.8) is 0 Å². The Morgan fingerprint density at radius 1 is 1.35 bits per heavy atom. The maximum Gasteiger partial charge on any atom is 0.411 e. The van der Waals surface area contributed by atoms with Crippen LogP contribution in [0.4, 0.5) is 13.2 Å². The lowest BCUT2D eigenvalue weighted by atomic mass is 9.91. The topological polar surface area (TPSA) is 59.4 Å². The first-order chi connectivity index (χ1) is 9.00. The summed E-state index contributed by atoms with van der Waals surface area (Å²) in [5.74, 6) is -1.07. The third-order valence-corrected chi connectivity index (χ3v) is 3.41. The predicted octanol–water partition coefficient (Wildman–Crippen LogP) is 3.26. The van der Waals surface area contributed by atoms with E-state index in [1.165, 1.54) is 0 Å². The molecule has 0 unspecified atom stereocenters. The summed E-state index contributed by atoms with van der Waals surface area (Å²) in [6.07, 6.45) is -4.19. The number of carboxylic acid groups (broad SMARTS) is 1. The molecule has 0 aliphatic rings. The molecule has 1 heterocycles. The zero-order chi connectivity index (χ0) is 15.6. The van der Waals surface area contributed by atoms with Crippen LogP contribution in [0.1, 0.15) is 41.1 Å². The minimum absolute atomic E-state index is 0.128. The number of ether oxygens (including phenoxy) is 1. The highest BCUT2D eigenvalue weighted by Crippen LogP contribution is 2.30. The number of aromatic nitrogens is 1. The molecule has 0 aliphatic heterocycles. The van der Waals surface area contributed by atoms with E-state index < -0.39 is 24.2 Å². The third kappa shape index (κ3) is 5.09. The zero-order valence-corrected chi connectivity index (χ0v) is 12.2. The van der Waals surface area contributed by atoms with E-state index in [4.69, 9.17) is 5.11 Å². The zero-order valence-electron chi connectivity index (χ0n) is 11.4. The van der Waals surface area contributed by atoms with Crippen molar-refractivity contribution >= 4 is 17.3 Å². The van der Waals surface area contributed by atoms with Crippen LogP contribution in [0.3, 0.4) is 0 Å². The summed E-state index contributed by atoms with van der Waals surface area (Å²) in [6.45, 7) is 4.04. The SMILES string of the molecule is CC(C)(C)c1nc(CCOCC(F)(F)F)sc1C(=O)O. The molecule has 0 spiro atoms. The number of nitrogens with zero attached hydrogens (tertiary/aromatic N) is 1. The molecule has 1 aromatic rings. The highest BCUT2D eigenvalue weighted by molar-refractivity contribution is 7.13. The van der Waals surface area contributed by atoms with Crippen molar-refractivity contribution < 1.29 is 27.8 Å². The predicted molar refractivity (Wildman–Crippen MR) is 68.4 cm³/mol. The quantitative estimate of drug-likeness (QED) is 0.848. The Morgan fingerprint density at radius 3 is 2.35 bits per heavy atom. The highest BCUT2D eigenvalue weighted by atomic mass is 32.1. The van der Waals surface area contributed by atoms with Gasteiger partial charge in [-0.25, -0.2) is 9.78 Å². The van der Waals surface area contributed by atoms with E-state index in [9.17, 15) is 18.0 Å². The van der Waals surface area contributed by atoms with Crippen molar-refractivity contribution in [1.82, 2.24) is 4.98 Å². The van der Waals surface area contributed by atoms with Gasteiger partial charge in [-0.2, -0.15) is 13.2 Å². The fourth-order valence-electron chi connectivity index (χ4n) is 1.47. The summed E-state index contributed by atoms with van der Waals surface area (Å²) < 4.78 is 40.2. The van der Waals surface area contributed by atoms with Gasteiger partial charge in [-0.15, -0.1) is 11.3 Å². The van der Waals surface area contributed by atoms with Crippen molar-refractivity contribution in [2.24, 2.45) is 0 Å². The fraction of sp³-hybridized carbons (Fsp3) is 0.667. The molecule has 114 valence electrons. The van der Waals surface area contributed by atoms with Gasteiger partial charge in [0.15, 0.2) is 0 Å². The number of carboxylic acids is 1. The van der Waals surface area contributed by atoms with E-state index in [2.05, 4.69) is 9.72 Å². The van der Waals surface area contributed by atoms with Crippen LogP contribution in [0.25, 0.3) is 0 Å². The number of thiazole rings is 1. The van der Waals surface area contributed by atoms with Crippen LogP contribution in [0, 0.1) is 0 Å². The molecule has 0 saturated heterocycles. The number of carbonyl (C=O) groups is 1.